The van der Waals surface area contributed by atoms with Crippen LogP contribution in [0.4, 0.5) is 0 Å². The summed E-state index contributed by atoms with van der Waals surface area (Å²) in [6.45, 7) is 5.24. The molecule has 0 bridgehead atoms. The van der Waals surface area contributed by atoms with Crippen LogP contribution in [0, 0.1) is 5.92 Å². The summed E-state index contributed by atoms with van der Waals surface area (Å²) in [6, 6.07) is 4.91. The van der Waals surface area contributed by atoms with Crippen LogP contribution in [0.2, 0.25) is 0 Å². The average Bonchev–Trinajstić information content (AvgIpc) is 2.90. The SMILES string of the molecule is CC(NCCc1cccs1)C1CCOC1. The molecule has 1 saturated heterocycles. The molecule has 2 atom stereocenters. The summed E-state index contributed by atoms with van der Waals surface area (Å²) in [5.41, 5.74) is 0. The Kier molecular flexibility index (Phi) is 4.18. The van der Waals surface area contributed by atoms with Gasteiger partial charge in [-0.15, -0.1) is 11.3 Å². The van der Waals surface area contributed by atoms with E-state index < -0.39 is 0 Å². The van der Waals surface area contributed by atoms with E-state index in [1.54, 1.807) is 0 Å². The van der Waals surface area contributed by atoms with Crippen LogP contribution >= 0.6 is 11.3 Å². The molecule has 84 valence electrons. The maximum atomic E-state index is 5.39. The zero-order chi connectivity index (χ0) is 10.5. The van der Waals surface area contributed by atoms with Crippen molar-refractivity contribution in [3.8, 4) is 0 Å². The van der Waals surface area contributed by atoms with Gasteiger partial charge in [0, 0.05) is 24.1 Å². The predicted molar refractivity (Wildman–Crippen MR) is 64.4 cm³/mol. The van der Waals surface area contributed by atoms with Crippen LogP contribution in [0.5, 0.6) is 0 Å². The molecule has 2 heterocycles. The first kappa shape index (κ1) is 11.1. The molecule has 3 heteroatoms. The normalized spacial score (nSPS) is 23.1. The van der Waals surface area contributed by atoms with E-state index in [-0.39, 0.29) is 0 Å². The summed E-state index contributed by atoms with van der Waals surface area (Å²) in [6.07, 6.45) is 2.36. The predicted octanol–water partition coefficient (Wildman–Crippen LogP) is 2.31. The maximum absolute atomic E-state index is 5.39. The molecule has 1 N–H and O–H groups in total. The summed E-state index contributed by atoms with van der Waals surface area (Å²) in [5, 5.41) is 5.73. The molecule has 1 fully saturated rings. The van der Waals surface area contributed by atoms with Crippen LogP contribution in [0.1, 0.15) is 18.2 Å². The second-order valence-corrected chi connectivity index (χ2v) is 5.23. The first-order chi connectivity index (χ1) is 7.36. The molecule has 2 unspecified atom stereocenters. The molecule has 0 radical (unpaired) electrons. The minimum Gasteiger partial charge on any atom is -0.381 e. The van der Waals surface area contributed by atoms with Gasteiger partial charge in [-0.25, -0.2) is 0 Å². The van der Waals surface area contributed by atoms with Gasteiger partial charge < -0.3 is 10.1 Å². The largest absolute Gasteiger partial charge is 0.381 e. The van der Waals surface area contributed by atoms with Gasteiger partial charge in [0.05, 0.1) is 6.61 Å². The lowest BCUT2D eigenvalue weighted by Crippen LogP contribution is -2.35. The lowest BCUT2D eigenvalue weighted by Gasteiger charge is -2.18. The molecule has 1 aliphatic heterocycles. The van der Waals surface area contributed by atoms with Gasteiger partial charge >= 0.3 is 0 Å². The quantitative estimate of drug-likeness (QED) is 0.830. The van der Waals surface area contributed by atoms with E-state index in [0.29, 0.717) is 12.0 Å². The van der Waals surface area contributed by atoms with Crippen molar-refractivity contribution in [3.05, 3.63) is 22.4 Å². The van der Waals surface area contributed by atoms with Crippen molar-refractivity contribution >= 4 is 11.3 Å². The smallest absolute Gasteiger partial charge is 0.0509 e. The summed E-state index contributed by atoms with van der Waals surface area (Å²) < 4.78 is 5.39. The van der Waals surface area contributed by atoms with Gasteiger partial charge in [0.15, 0.2) is 0 Å². The third kappa shape index (κ3) is 3.30. The number of rotatable bonds is 5. The van der Waals surface area contributed by atoms with Crippen molar-refractivity contribution in [2.75, 3.05) is 19.8 Å². The number of hydrogen-bond donors (Lipinski definition) is 1. The second kappa shape index (κ2) is 5.64. The van der Waals surface area contributed by atoms with Gasteiger partial charge in [0.1, 0.15) is 0 Å². The Hall–Kier alpha value is -0.380. The lowest BCUT2D eigenvalue weighted by molar-refractivity contribution is 0.178. The Morgan fingerprint density at radius 3 is 3.27 bits per heavy atom. The van der Waals surface area contributed by atoms with Crippen molar-refractivity contribution in [2.24, 2.45) is 5.92 Å². The van der Waals surface area contributed by atoms with Crippen LogP contribution < -0.4 is 5.32 Å². The standard InChI is InChI=1S/C12H19NOS/c1-10(11-5-7-14-9-11)13-6-4-12-3-2-8-15-12/h2-3,8,10-11,13H,4-7,9H2,1H3. The number of nitrogens with one attached hydrogen (secondary N) is 1. The van der Waals surface area contributed by atoms with E-state index in [2.05, 4.69) is 29.8 Å². The molecule has 1 aromatic rings. The van der Waals surface area contributed by atoms with Gasteiger partial charge in [-0.05, 0) is 37.1 Å². The molecular weight excluding hydrogens is 206 g/mol. The van der Waals surface area contributed by atoms with E-state index in [1.807, 2.05) is 11.3 Å². The van der Waals surface area contributed by atoms with Gasteiger partial charge in [0.25, 0.3) is 0 Å². The highest BCUT2D eigenvalue weighted by molar-refractivity contribution is 7.09. The van der Waals surface area contributed by atoms with E-state index in [4.69, 9.17) is 4.74 Å². The Morgan fingerprint density at radius 1 is 1.67 bits per heavy atom. The highest BCUT2D eigenvalue weighted by Crippen LogP contribution is 2.16. The van der Waals surface area contributed by atoms with Gasteiger partial charge in [-0.1, -0.05) is 6.07 Å². The van der Waals surface area contributed by atoms with Crippen molar-refractivity contribution < 1.29 is 4.74 Å². The molecule has 0 aliphatic carbocycles. The summed E-state index contributed by atoms with van der Waals surface area (Å²) in [7, 11) is 0. The first-order valence-corrected chi connectivity index (χ1v) is 6.58. The number of thiophene rings is 1. The molecule has 0 aromatic carbocycles. The monoisotopic (exact) mass is 225 g/mol. The van der Waals surface area contributed by atoms with Gasteiger partial charge in [0.2, 0.25) is 0 Å². The molecule has 2 rings (SSSR count). The Labute approximate surface area is 95.6 Å². The van der Waals surface area contributed by atoms with Crippen molar-refractivity contribution in [1.82, 2.24) is 5.32 Å². The van der Waals surface area contributed by atoms with Crippen LogP contribution in [-0.4, -0.2) is 25.8 Å². The summed E-state index contributed by atoms with van der Waals surface area (Å²) in [5.74, 6) is 0.716. The van der Waals surface area contributed by atoms with E-state index in [0.717, 1.165) is 26.2 Å². The lowest BCUT2D eigenvalue weighted by atomic mass is 10.0. The molecule has 0 spiro atoms. The molecular formula is C12H19NOS. The molecule has 0 amide bonds. The van der Waals surface area contributed by atoms with Gasteiger partial charge in [-0.3, -0.25) is 0 Å². The van der Waals surface area contributed by atoms with Crippen molar-refractivity contribution in [2.45, 2.75) is 25.8 Å². The third-order valence-electron chi connectivity index (χ3n) is 3.09. The maximum Gasteiger partial charge on any atom is 0.0509 e. The Balaban J connectivity index is 1.64. The minimum atomic E-state index is 0.590. The first-order valence-electron chi connectivity index (χ1n) is 5.70. The molecule has 15 heavy (non-hydrogen) atoms. The zero-order valence-electron chi connectivity index (χ0n) is 9.24. The van der Waals surface area contributed by atoms with Crippen LogP contribution in [-0.2, 0) is 11.2 Å². The molecule has 1 aliphatic rings. The Morgan fingerprint density at radius 2 is 2.60 bits per heavy atom. The zero-order valence-corrected chi connectivity index (χ0v) is 10.1. The highest BCUT2D eigenvalue weighted by atomic mass is 32.1. The average molecular weight is 225 g/mol. The minimum absolute atomic E-state index is 0.590. The van der Waals surface area contributed by atoms with Gasteiger partial charge in [-0.2, -0.15) is 0 Å². The van der Waals surface area contributed by atoms with Crippen LogP contribution in [0.3, 0.4) is 0 Å². The fraction of sp³-hybridized carbons (Fsp3) is 0.667. The third-order valence-corrected chi connectivity index (χ3v) is 4.03. The fourth-order valence-electron chi connectivity index (χ4n) is 1.99. The van der Waals surface area contributed by atoms with E-state index >= 15 is 0 Å². The van der Waals surface area contributed by atoms with Crippen molar-refractivity contribution in [1.29, 1.82) is 0 Å². The summed E-state index contributed by atoms with van der Waals surface area (Å²) in [4.78, 5) is 1.47. The van der Waals surface area contributed by atoms with Crippen LogP contribution in [0.15, 0.2) is 17.5 Å². The Bertz CT molecular complexity index is 267. The van der Waals surface area contributed by atoms with E-state index in [1.165, 1.54) is 11.3 Å². The summed E-state index contributed by atoms with van der Waals surface area (Å²) >= 11 is 1.84. The number of ether oxygens (including phenoxy) is 1. The topological polar surface area (TPSA) is 21.3 Å². The van der Waals surface area contributed by atoms with E-state index in [9.17, 15) is 0 Å². The highest BCUT2D eigenvalue weighted by Gasteiger charge is 2.21. The fourth-order valence-corrected chi connectivity index (χ4v) is 2.70. The molecule has 0 saturated carbocycles. The second-order valence-electron chi connectivity index (χ2n) is 4.20. The number of hydrogen-bond acceptors (Lipinski definition) is 3. The van der Waals surface area contributed by atoms with Crippen molar-refractivity contribution in [3.63, 3.8) is 0 Å². The molecule has 1 aromatic heterocycles. The van der Waals surface area contributed by atoms with Crippen LogP contribution in [0.25, 0.3) is 0 Å². The molecule has 2 nitrogen and oxygen atoms in total.